The van der Waals surface area contributed by atoms with Crippen molar-refractivity contribution in [3.05, 3.63) is 34.9 Å². The molecular weight excluding hydrogens is 282 g/mol. The summed E-state index contributed by atoms with van der Waals surface area (Å²) in [6.07, 6.45) is 7.86. The van der Waals surface area contributed by atoms with Gasteiger partial charge in [-0.15, -0.1) is 0 Å². The van der Waals surface area contributed by atoms with Crippen molar-refractivity contribution in [1.82, 2.24) is 4.90 Å². The lowest BCUT2D eigenvalue weighted by Crippen LogP contribution is -2.34. The highest BCUT2D eigenvalue weighted by Gasteiger charge is 2.31. The quantitative estimate of drug-likeness (QED) is 0.701. The Morgan fingerprint density at radius 1 is 1.05 bits per heavy atom. The van der Waals surface area contributed by atoms with Crippen LogP contribution in [0.25, 0.3) is 0 Å². The molecule has 0 saturated heterocycles. The Hall–Kier alpha value is -1.02. The first-order chi connectivity index (χ1) is 10.2. The van der Waals surface area contributed by atoms with Crippen LogP contribution in [0, 0.1) is 11.8 Å². The second-order valence-electron chi connectivity index (χ2n) is 6.67. The molecule has 2 saturated carbocycles. The normalized spacial score (nSPS) is 17.8. The van der Waals surface area contributed by atoms with Crippen LogP contribution >= 0.6 is 11.6 Å². The van der Waals surface area contributed by atoms with Crippen molar-refractivity contribution < 1.29 is 4.79 Å². The van der Waals surface area contributed by atoms with Crippen molar-refractivity contribution in [3.63, 3.8) is 0 Å². The fourth-order valence-corrected chi connectivity index (χ4v) is 2.88. The van der Waals surface area contributed by atoms with E-state index in [1.54, 1.807) is 0 Å². The van der Waals surface area contributed by atoms with Gasteiger partial charge in [0.1, 0.15) is 0 Å². The van der Waals surface area contributed by atoms with E-state index in [0.29, 0.717) is 12.3 Å². The largest absolute Gasteiger partial charge is 0.342 e. The molecule has 1 aromatic rings. The van der Waals surface area contributed by atoms with Crippen LogP contribution in [0.15, 0.2) is 24.3 Å². The number of halogens is 1. The standard InChI is InChI=1S/C18H24ClNO/c19-17-10-8-14(9-11-17)2-1-3-18(21)20(12-15-4-5-15)13-16-6-7-16/h8-11,15-16H,1-7,12-13H2. The second kappa shape index (κ2) is 6.83. The number of hydrogen-bond donors (Lipinski definition) is 0. The molecule has 0 aromatic heterocycles. The molecule has 1 amide bonds. The lowest BCUT2D eigenvalue weighted by atomic mass is 10.1. The Morgan fingerprint density at radius 3 is 2.14 bits per heavy atom. The van der Waals surface area contributed by atoms with E-state index in [1.807, 2.05) is 12.1 Å². The summed E-state index contributed by atoms with van der Waals surface area (Å²) in [6.45, 7) is 2.02. The number of carbonyl (C=O) groups is 1. The summed E-state index contributed by atoms with van der Waals surface area (Å²) in [6, 6.07) is 7.95. The first kappa shape index (κ1) is 14.9. The van der Waals surface area contributed by atoms with Crippen LogP contribution in [0.5, 0.6) is 0 Å². The SMILES string of the molecule is O=C(CCCc1ccc(Cl)cc1)N(CC1CC1)CC1CC1. The van der Waals surface area contributed by atoms with Gasteiger partial charge in [0.05, 0.1) is 0 Å². The second-order valence-corrected chi connectivity index (χ2v) is 7.10. The van der Waals surface area contributed by atoms with Gasteiger partial charge in [-0.3, -0.25) is 4.79 Å². The van der Waals surface area contributed by atoms with Gasteiger partial charge in [-0.25, -0.2) is 0 Å². The lowest BCUT2D eigenvalue weighted by molar-refractivity contribution is -0.131. The van der Waals surface area contributed by atoms with E-state index >= 15 is 0 Å². The van der Waals surface area contributed by atoms with Crippen molar-refractivity contribution in [2.75, 3.05) is 13.1 Å². The minimum Gasteiger partial charge on any atom is -0.342 e. The highest BCUT2D eigenvalue weighted by molar-refractivity contribution is 6.30. The zero-order valence-electron chi connectivity index (χ0n) is 12.6. The van der Waals surface area contributed by atoms with E-state index in [0.717, 1.165) is 42.8 Å². The molecule has 2 nitrogen and oxygen atoms in total. The molecule has 0 aliphatic heterocycles. The van der Waals surface area contributed by atoms with Gasteiger partial charge in [0.25, 0.3) is 0 Å². The number of hydrogen-bond acceptors (Lipinski definition) is 1. The van der Waals surface area contributed by atoms with Gasteiger partial charge in [-0.05, 0) is 68.1 Å². The Bertz CT molecular complexity index is 462. The van der Waals surface area contributed by atoms with Crippen LogP contribution < -0.4 is 0 Å². The maximum atomic E-state index is 12.4. The Labute approximate surface area is 132 Å². The molecule has 3 heteroatoms. The number of aryl methyl sites for hydroxylation is 1. The smallest absolute Gasteiger partial charge is 0.222 e. The van der Waals surface area contributed by atoms with Crippen molar-refractivity contribution >= 4 is 17.5 Å². The first-order valence-corrected chi connectivity index (χ1v) is 8.61. The van der Waals surface area contributed by atoms with Crippen LogP contribution in [-0.2, 0) is 11.2 Å². The zero-order valence-corrected chi connectivity index (χ0v) is 13.3. The molecule has 114 valence electrons. The molecule has 0 N–H and O–H groups in total. The molecule has 0 bridgehead atoms. The summed E-state index contributed by atoms with van der Waals surface area (Å²) in [7, 11) is 0. The van der Waals surface area contributed by atoms with Gasteiger partial charge in [0, 0.05) is 24.5 Å². The minimum absolute atomic E-state index is 0.364. The van der Waals surface area contributed by atoms with E-state index < -0.39 is 0 Å². The summed E-state index contributed by atoms with van der Waals surface area (Å²) < 4.78 is 0. The molecule has 2 fully saturated rings. The average Bonchev–Trinajstić information content (AvgIpc) is 3.35. The zero-order chi connectivity index (χ0) is 14.7. The van der Waals surface area contributed by atoms with Gasteiger partial charge < -0.3 is 4.90 Å². The fourth-order valence-electron chi connectivity index (χ4n) is 2.76. The third kappa shape index (κ3) is 5.03. The number of amides is 1. The van der Waals surface area contributed by atoms with Gasteiger partial charge in [0.2, 0.25) is 5.91 Å². The van der Waals surface area contributed by atoms with Gasteiger partial charge in [0.15, 0.2) is 0 Å². The highest BCUT2D eigenvalue weighted by Crippen LogP contribution is 2.34. The van der Waals surface area contributed by atoms with Gasteiger partial charge in [-0.1, -0.05) is 23.7 Å². The lowest BCUT2D eigenvalue weighted by Gasteiger charge is -2.22. The number of rotatable bonds is 8. The molecule has 0 unspecified atom stereocenters. The van der Waals surface area contributed by atoms with Gasteiger partial charge >= 0.3 is 0 Å². The van der Waals surface area contributed by atoms with Crippen LogP contribution in [0.3, 0.4) is 0 Å². The minimum atomic E-state index is 0.364. The average molecular weight is 306 g/mol. The van der Waals surface area contributed by atoms with Crippen LogP contribution in [-0.4, -0.2) is 23.9 Å². The molecule has 0 atom stereocenters. The molecule has 1 aromatic carbocycles. The predicted octanol–water partition coefficient (Wildman–Crippen LogP) is 4.31. The summed E-state index contributed by atoms with van der Waals surface area (Å²) in [5.41, 5.74) is 1.27. The fraction of sp³-hybridized carbons (Fsp3) is 0.611. The molecule has 0 radical (unpaired) electrons. The maximum Gasteiger partial charge on any atom is 0.222 e. The summed E-state index contributed by atoms with van der Waals surface area (Å²) in [5.74, 6) is 1.95. The van der Waals surface area contributed by atoms with E-state index in [-0.39, 0.29) is 0 Å². The predicted molar refractivity (Wildman–Crippen MR) is 86.4 cm³/mol. The molecule has 2 aliphatic carbocycles. The molecule has 0 spiro atoms. The maximum absolute atomic E-state index is 12.4. The monoisotopic (exact) mass is 305 g/mol. The van der Waals surface area contributed by atoms with Gasteiger partial charge in [-0.2, -0.15) is 0 Å². The number of nitrogens with zero attached hydrogens (tertiary/aromatic N) is 1. The van der Waals surface area contributed by atoms with E-state index in [4.69, 9.17) is 11.6 Å². The molecular formula is C18H24ClNO. The van der Waals surface area contributed by atoms with Crippen LogP contribution in [0.4, 0.5) is 0 Å². The van der Waals surface area contributed by atoms with Crippen LogP contribution in [0.2, 0.25) is 5.02 Å². The number of benzene rings is 1. The summed E-state index contributed by atoms with van der Waals surface area (Å²) in [5, 5.41) is 0.773. The number of carbonyl (C=O) groups excluding carboxylic acids is 1. The van der Waals surface area contributed by atoms with E-state index in [1.165, 1.54) is 31.2 Å². The molecule has 0 heterocycles. The van der Waals surface area contributed by atoms with Crippen molar-refractivity contribution in [2.45, 2.75) is 44.9 Å². The first-order valence-electron chi connectivity index (χ1n) is 8.23. The third-order valence-corrected chi connectivity index (χ3v) is 4.73. The third-order valence-electron chi connectivity index (χ3n) is 4.47. The molecule has 3 rings (SSSR count). The van der Waals surface area contributed by atoms with E-state index in [9.17, 15) is 4.79 Å². The molecule has 21 heavy (non-hydrogen) atoms. The Morgan fingerprint density at radius 2 is 1.62 bits per heavy atom. The summed E-state index contributed by atoms with van der Waals surface area (Å²) >= 11 is 5.89. The molecule has 2 aliphatic rings. The van der Waals surface area contributed by atoms with Crippen molar-refractivity contribution in [2.24, 2.45) is 11.8 Å². The topological polar surface area (TPSA) is 20.3 Å². The van der Waals surface area contributed by atoms with E-state index in [2.05, 4.69) is 17.0 Å². The Kier molecular flexibility index (Phi) is 4.84. The Balaban J connectivity index is 1.43. The summed E-state index contributed by atoms with van der Waals surface area (Å²) in [4.78, 5) is 14.6. The highest BCUT2D eigenvalue weighted by atomic mass is 35.5. The van der Waals surface area contributed by atoms with Crippen molar-refractivity contribution in [3.8, 4) is 0 Å². The van der Waals surface area contributed by atoms with Crippen LogP contribution in [0.1, 0.15) is 44.1 Å². The van der Waals surface area contributed by atoms with Crippen molar-refractivity contribution in [1.29, 1.82) is 0 Å².